The number of hydrogen-bond acceptors (Lipinski definition) is 6. The third-order valence-electron chi connectivity index (χ3n) is 5.14. The van der Waals surface area contributed by atoms with E-state index in [0.717, 1.165) is 36.5 Å². The Morgan fingerprint density at radius 3 is 2.34 bits per heavy atom. The van der Waals surface area contributed by atoms with Crippen LogP contribution in [0.1, 0.15) is 19.8 Å². The summed E-state index contributed by atoms with van der Waals surface area (Å²) in [6.07, 6.45) is 3.36. The zero-order valence-electron chi connectivity index (χ0n) is 17.2. The molecule has 10 heteroatoms. The highest BCUT2D eigenvalue weighted by Crippen LogP contribution is 2.22. The quantitative estimate of drug-likeness (QED) is 0.588. The fourth-order valence-corrected chi connectivity index (χ4v) is 4.50. The lowest BCUT2D eigenvalue weighted by Crippen LogP contribution is -2.48. The Kier molecular flexibility index (Phi) is 7.10. The van der Waals surface area contributed by atoms with E-state index in [1.165, 1.54) is 10.6 Å². The molecule has 0 atom stereocenters. The first-order chi connectivity index (χ1) is 13.8. The van der Waals surface area contributed by atoms with Crippen LogP contribution in [0.5, 0.6) is 5.75 Å². The number of unbranched alkanes of at least 4 members (excludes halogenated alkanes) is 1. The first-order valence-corrected chi connectivity index (χ1v) is 12.1. The molecule has 1 aromatic heterocycles. The molecule has 0 N–H and O–H groups in total. The highest BCUT2D eigenvalue weighted by molar-refractivity contribution is 7.88. The van der Waals surface area contributed by atoms with Crippen LogP contribution in [0.4, 0.5) is 0 Å². The Balaban J connectivity index is 1.82. The monoisotopic (exact) mass is 439 g/mol. The number of rotatable bonds is 8. The van der Waals surface area contributed by atoms with Gasteiger partial charge in [-0.3, -0.25) is 9.47 Å². The molecule has 0 spiro atoms. The molecule has 29 heavy (non-hydrogen) atoms. The van der Waals surface area contributed by atoms with Crippen LogP contribution in [0.15, 0.2) is 24.3 Å². The molecule has 0 radical (unpaired) electrons. The third-order valence-corrected chi connectivity index (χ3v) is 6.87. The number of nitrogens with zero attached hydrogens (tertiary/aromatic N) is 5. The van der Waals surface area contributed by atoms with Crippen molar-refractivity contribution in [3.8, 4) is 17.1 Å². The van der Waals surface area contributed by atoms with Crippen molar-refractivity contribution in [2.24, 2.45) is 0 Å². The van der Waals surface area contributed by atoms with Crippen molar-refractivity contribution in [1.82, 2.24) is 23.6 Å². The van der Waals surface area contributed by atoms with Crippen LogP contribution in [-0.4, -0.2) is 71.5 Å². The lowest BCUT2D eigenvalue weighted by molar-refractivity contribution is 0.145. The summed E-state index contributed by atoms with van der Waals surface area (Å²) in [4.78, 5) is 2.19. The van der Waals surface area contributed by atoms with E-state index in [2.05, 4.69) is 16.4 Å². The first kappa shape index (κ1) is 21.9. The molecule has 2 heterocycles. The van der Waals surface area contributed by atoms with Gasteiger partial charge in [0.25, 0.3) is 0 Å². The lowest BCUT2D eigenvalue weighted by atomic mass is 10.2. The molecule has 8 nitrogen and oxygen atoms in total. The molecule has 3 rings (SSSR count). The molecule has 0 amide bonds. The highest BCUT2D eigenvalue weighted by Gasteiger charge is 2.24. The largest absolute Gasteiger partial charge is 0.497 e. The average molecular weight is 440 g/mol. The van der Waals surface area contributed by atoms with Crippen molar-refractivity contribution < 1.29 is 13.2 Å². The number of benzene rings is 1. The molecule has 1 aromatic carbocycles. The number of ether oxygens (including phenoxy) is 1. The van der Waals surface area contributed by atoms with E-state index < -0.39 is 10.0 Å². The number of sulfonamides is 1. The van der Waals surface area contributed by atoms with Gasteiger partial charge in [-0.2, -0.15) is 9.40 Å². The maximum absolute atomic E-state index is 11.7. The van der Waals surface area contributed by atoms with Gasteiger partial charge in [0.1, 0.15) is 5.75 Å². The van der Waals surface area contributed by atoms with Crippen molar-refractivity contribution in [2.45, 2.75) is 33.0 Å². The second-order valence-corrected chi connectivity index (χ2v) is 9.61. The van der Waals surface area contributed by atoms with E-state index in [0.29, 0.717) is 37.6 Å². The Bertz CT molecular complexity index is 974. The molecule has 2 aromatic rings. The van der Waals surface area contributed by atoms with Gasteiger partial charge in [0.15, 0.2) is 10.6 Å². The maximum atomic E-state index is 11.7. The number of piperazine rings is 1. The molecule has 1 aliphatic rings. The summed E-state index contributed by atoms with van der Waals surface area (Å²) < 4.78 is 34.8. The van der Waals surface area contributed by atoms with Gasteiger partial charge >= 0.3 is 0 Å². The molecular weight excluding hydrogens is 410 g/mol. The Hall–Kier alpha value is -1.75. The molecule has 160 valence electrons. The van der Waals surface area contributed by atoms with Crippen LogP contribution in [0, 0.1) is 4.77 Å². The molecule has 1 aliphatic heterocycles. The highest BCUT2D eigenvalue weighted by atomic mass is 32.2. The van der Waals surface area contributed by atoms with Crippen LogP contribution in [0.3, 0.4) is 0 Å². The fourth-order valence-electron chi connectivity index (χ4n) is 3.40. The van der Waals surface area contributed by atoms with Crippen LogP contribution in [-0.2, 0) is 23.2 Å². The number of hydrogen-bond donors (Lipinski definition) is 0. The van der Waals surface area contributed by atoms with Gasteiger partial charge in [-0.1, -0.05) is 13.3 Å². The van der Waals surface area contributed by atoms with E-state index in [4.69, 9.17) is 22.1 Å². The van der Waals surface area contributed by atoms with Crippen LogP contribution >= 0.6 is 12.2 Å². The van der Waals surface area contributed by atoms with Gasteiger partial charge in [0.2, 0.25) is 10.0 Å². The van der Waals surface area contributed by atoms with Crippen molar-refractivity contribution in [1.29, 1.82) is 0 Å². The van der Waals surface area contributed by atoms with Gasteiger partial charge < -0.3 is 4.74 Å². The van der Waals surface area contributed by atoms with E-state index >= 15 is 0 Å². The summed E-state index contributed by atoms with van der Waals surface area (Å²) >= 11 is 5.73. The normalized spacial score (nSPS) is 16.2. The summed E-state index contributed by atoms with van der Waals surface area (Å²) in [6, 6.07) is 7.83. The van der Waals surface area contributed by atoms with E-state index in [9.17, 15) is 8.42 Å². The summed E-state index contributed by atoms with van der Waals surface area (Å²) in [5.41, 5.74) is 0.994. The smallest absolute Gasteiger partial charge is 0.211 e. The predicted molar refractivity (Wildman–Crippen MR) is 116 cm³/mol. The van der Waals surface area contributed by atoms with Crippen LogP contribution in [0.2, 0.25) is 0 Å². The van der Waals surface area contributed by atoms with Gasteiger partial charge in [-0.15, -0.1) is 0 Å². The summed E-state index contributed by atoms with van der Waals surface area (Å²) in [5, 5.41) is 4.81. The maximum Gasteiger partial charge on any atom is 0.211 e. The van der Waals surface area contributed by atoms with Gasteiger partial charge in [-0.25, -0.2) is 13.1 Å². The first-order valence-electron chi connectivity index (χ1n) is 9.83. The minimum Gasteiger partial charge on any atom is -0.497 e. The SMILES string of the molecule is CCCCn1c(-c2ccc(OC)cc2)nn(CN2CCN(S(C)(=O)=O)CC2)c1=S. The zero-order chi connectivity index (χ0) is 21.0. The topological polar surface area (TPSA) is 72.6 Å². The standard InChI is InChI=1S/C19H29N5O3S2/c1-4-5-10-23-18(16-6-8-17(27-2)9-7-16)20-24(19(23)28)15-21-11-13-22(14-12-21)29(3,25)26/h6-9H,4-5,10-15H2,1-3H3. The van der Waals surface area contributed by atoms with Gasteiger partial charge in [0.05, 0.1) is 20.0 Å². The van der Waals surface area contributed by atoms with Crippen LogP contribution in [0.25, 0.3) is 11.4 Å². The third kappa shape index (κ3) is 5.25. The minimum absolute atomic E-state index is 0.494. The second kappa shape index (κ2) is 9.38. The Morgan fingerprint density at radius 2 is 1.79 bits per heavy atom. The number of aromatic nitrogens is 3. The van der Waals surface area contributed by atoms with Crippen molar-refractivity contribution in [3.05, 3.63) is 29.0 Å². The predicted octanol–water partition coefficient (Wildman–Crippen LogP) is 2.42. The summed E-state index contributed by atoms with van der Waals surface area (Å²) in [5.74, 6) is 1.65. The molecular formula is C19H29N5O3S2. The van der Waals surface area contributed by atoms with E-state index in [-0.39, 0.29) is 0 Å². The molecule has 0 aliphatic carbocycles. The molecule has 0 bridgehead atoms. The van der Waals surface area contributed by atoms with Gasteiger partial charge in [-0.05, 0) is 42.9 Å². The van der Waals surface area contributed by atoms with Crippen molar-refractivity contribution in [3.63, 3.8) is 0 Å². The van der Waals surface area contributed by atoms with E-state index in [1.807, 2.05) is 28.9 Å². The fraction of sp³-hybridized carbons (Fsp3) is 0.579. The molecule has 1 saturated heterocycles. The summed E-state index contributed by atoms with van der Waals surface area (Å²) in [6.45, 7) is 5.84. The minimum atomic E-state index is -3.14. The zero-order valence-corrected chi connectivity index (χ0v) is 18.9. The second-order valence-electron chi connectivity index (χ2n) is 7.26. The Morgan fingerprint density at radius 1 is 1.14 bits per heavy atom. The molecule has 0 unspecified atom stereocenters. The molecule has 1 fully saturated rings. The van der Waals surface area contributed by atoms with Crippen molar-refractivity contribution >= 4 is 22.2 Å². The van der Waals surface area contributed by atoms with Gasteiger partial charge in [0, 0.05) is 38.3 Å². The Labute approximate surface area is 177 Å². The lowest BCUT2D eigenvalue weighted by Gasteiger charge is -2.32. The van der Waals surface area contributed by atoms with Crippen molar-refractivity contribution in [2.75, 3.05) is 39.5 Å². The average Bonchev–Trinajstić information content (AvgIpc) is 3.01. The molecule has 0 saturated carbocycles. The number of methoxy groups -OCH3 is 1. The van der Waals surface area contributed by atoms with Crippen LogP contribution < -0.4 is 4.74 Å². The van der Waals surface area contributed by atoms with E-state index in [1.54, 1.807) is 7.11 Å². The summed E-state index contributed by atoms with van der Waals surface area (Å²) in [7, 11) is -1.49.